The Labute approximate surface area is 227 Å². The maximum Gasteiger partial charge on any atom is 0.435 e. The monoisotopic (exact) mass is 561 g/mol. The molecule has 40 heavy (non-hydrogen) atoms. The molecule has 4 aromatic rings. The largest absolute Gasteiger partial charge is 0.435 e. The van der Waals surface area contributed by atoms with Gasteiger partial charge in [0.15, 0.2) is 17.2 Å². The van der Waals surface area contributed by atoms with E-state index in [-0.39, 0.29) is 55.7 Å². The second-order valence-corrected chi connectivity index (χ2v) is 9.02. The summed E-state index contributed by atoms with van der Waals surface area (Å²) in [6.07, 6.45) is 0.769. The van der Waals surface area contributed by atoms with E-state index in [9.17, 15) is 23.1 Å². The van der Waals surface area contributed by atoms with Crippen LogP contribution < -0.4 is 10.6 Å². The summed E-state index contributed by atoms with van der Waals surface area (Å²) in [6, 6.07) is 5.18. The second kappa shape index (κ2) is 12.4. The van der Waals surface area contributed by atoms with Crippen molar-refractivity contribution >= 4 is 23.1 Å². The van der Waals surface area contributed by atoms with Crippen molar-refractivity contribution < 1.29 is 32.9 Å². The summed E-state index contributed by atoms with van der Waals surface area (Å²) >= 11 is 0. The normalized spacial score (nSPS) is 12.6. The zero-order chi connectivity index (χ0) is 28.9. The molecule has 1 aromatic carbocycles. The van der Waals surface area contributed by atoms with Crippen LogP contribution in [0.4, 0.5) is 24.7 Å². The predicted molar refractivity (Wildman–Crippen MR) is 140 cm³/mol. The number of aryl methyl sites for hydroxylation is 1. The number of halogens is 3. The number of carbonyl (C=O) groups excluding carboxylic acids is 1. The van der Waals surface area contributed by atoms with E-state index in [1.54, 1.807) is 25.1 Å². The molecule has 1 amide bonds. The molecule has 4 rings (SSSR count). The van der Waals surface area contributed by atoms with E-state index in [2.05, 4.69) is 25.7 Å². The van der Waals surface area contributed by atoms with Gasteiger partial charge in [-0.2, -0.15) is 18.3 Å². The van der Waals surface area contributed by atoms with Gasteiger partial charge < -0.3 is 25.6 Å². The highest BCUT2D eigenvalue weighted by atomic mass is 19.4. The maximum absolute atomic E-state index is 13.7. The van der Waals surface area contributed by atoms with Crippen LogP contribution in [0.15, 0.2) is 43.0 Å². The topological polar surface area (TPSA) is 139 Å². The molecule has 1 atom stereocenters. The number of benzene rings is 1. The number of amides is 1. The molecule has 0 saturated carbocycles. The van der Waals surface area contributed by atoms with E-state index >= 15 is 0 Å². The Hall–Kier alpha value is -4.01. The van der Waals surface area contributed by atoms with Crippen molar-refractivity contribution in [2.24, 2.45) is 0 Å². The fourth-order valence-electron chi connectivity index (χ4n) is 4.15. The summed E-state index contributed by atoms with van der Waals surface area (Å²) in [7, 11) is 0. The molecule has 11 nitrogen and oxygen atoms in total. The number of aromatic nitrogens is 5. The summed E-state index contributed by atoms with van der Waals surface area (Å²) in [5, 5.41) is 27.9. The molecule has 3 aromatic heterocycles. The minimum absolute atomic E-state index is 0.0846. The number of ether oxygens (including phenoxy) is 1. The van der Waals surface area contributed by atoms with Gasteiger partial charge in [0.1, 0.15) is 0 Å². The highest BCUT2D eigenvalue weighted by Crippen LogP contribution is 2.37. The Bertz CT molecular complexity index is 1470. The summed E-state index contributed by atoms with van der Waals surface area (Å²) in [4.78, 5) is 21.3. The standard InChI is InChI=1S/C26H30F3N7O4/c1-3-17-12-18(4-5-19(17)25(39)31-7-11-40-15-16(2)38)33-23-24-32-13-21(36(24)8-6-30-23)20-14-35(9-10-37)34-22(20)26(27,28)29/h4-6,8,12-14,16,37-38H,3,7,9-11,15H2,1-2H3,(H,30,33)(H,31,39)/t16-/m0/s1. The lowest BCUT2D eigenvalue weighted by atomic mass is 10.0. The molecule has 214 valence electrons. The third-order valence-corrected chi connectivity index (χ3v) is 5.95. The van der Waals surface area contributed by atoms with Crippen molar-refractivity contribution in [2.45, 2.75) is 39.1 Å². The first-order valence-electron chi connectivity index (χ1n) is 12.6. The lowest BCUT2D eigenvalue weighted by molar-refractivity contribution is -0.141. The van der Waals surface area contributed by atoms with E-state index in [4.69, 9.17) is 9.84 Å². The zero-order valence-corrected chi connectivity index (χ0v) is 21.9. The Morgan fingerprint density at radius 3 is 2.75 bits per heavy atom. The number of alkyl halides is 3. The smallest absolute Gasteiger partial charge is 0.394 e. The number of nitrogens with one attached hydrogen (secondary N) is 2. The van der Waals surface area contributed by atoms with Crippen LogP contribution in [0.5, 0.6) is 0 Å². The van der Waals surface area contributed by atoms with Crippen molar-refractivity contribution in [3.63, 3.8) is 0 Å². The maximum atomic E-state index is 13.7. The minimum atomic E-state index is -4.70. The van der Waals surface area contributed by atoms with Crippen molar-refractivity contribution in [2.75, 3.05) is 31.7 Å². The second-order valence-electron chi connectivity index (χ2n) is 9.02. The highest BCUT2D eigenvalue weighted by Gasteiger charge is 2.38. The third-order valence-electron chi connectivity index (χ3n) is 5.95. The zero-order valence-electron chi connectivity index (χ0n) is 21.9. The molecule has 0 aliphatic rings. The van der Waals surface area contributed by atoms with E-state index in [0.29, 0.717) is 23.5 Å². The van der Waals surface area contributed by atoms with Crippen LogP contribution in [0.3, 0.4) is 0 Å². The van der Waals surface area contributed by atoms with Gasteiger partial charge in [-0.25, -0.2) is 9.97 Å². The Kier molecular flexibility index (Phi) is 9.02. The molecule has 0 saturated heterocycles. The van der Waals surface area contributed by atoms with Crippen molar-refractivity contribution in [1.82, 2.24) is 29.5 Å². The summed E-state index contributed by atoms with van der Waals surface area (Å²) in [5.41, 5.74) is 1.08. The summed E-state index contributed by atoms with van der Waals surface area (Å²) < 4.78 is 48.9. The fourth-order valence-corrected chi connectivity index (χ4v) is 4.15. The Morgan fingerprint density at radius 1 is 1.25 bits per heavy atom. The molecule has 3 heterocycles. The van der Waals surface area contributed by atoms with Crippen LogP contribution in [0.25, 0.3) is 16.9 Å². The molecule has 0 radical (unpaired) electrons. The van der Waals surface area contributed by atoms with Crippen LogP contribution in [0.2, 0.25) is 0 Å². The molecule has 0 unspecified atom stereocenters. The fraction of sp³-hybridized carbons (Fsp3) is 0.385. The summed E-state index contributed by atoms with van der Waals surface area (Å²) in [5.74, 6) is 0.0453. The van der Waals surface area contributed by atoms with E-state index < -0.39 is 18.0 Å². The molecule has 0 aliphatic carbocycles. The lowest BCUT2D eigenvalue weighted by Crippen LogP contribution is -2.28. The van der Waals surface area contributed by atoms with Gasteiger partial charge in [-0.15, -0.1) is 0 Å². The quantitative estimate of drug-likeness (QED) is 0.194. The van der Waals surface area contributed by atoms with Gasteiger partial charge in [0, 0.05) is 36.4 Å². The molecule has 0 fully saturated rings. The van der Waals surface area contributed by atoms with Gasteiger partial charge in [0.25, 0.3) is 5.91 Å². The number of aliphatic hydroxyl groups excluding tert-OH is 2. The molecule has 0 bridgehead atoms. The van der Waals surface area contributed by atoms with Gasteiger partial charge >= 0.3 is 6.18 Å². The molecular formula is C26H30F3N7O4. The molecule has 14 heteroatoms. The average Bonchev–Trinajstić information content (AvgIpc) is 3.53. The van der Waals surface area contributed by atoms with Crippen LogP contribution in [-0.2, 0) is 23.9 Å². The van der Waals surface area contributed by atoms with E-state index in [1.807, 2.05) is 6.92 Å². The number of aliphatic hydroxyl groups is 2. The number of imidazole rings is 1. The molecule has 0 aliphatic heterocycles. The number of rotatable bonds is 12. The van der Waals surface area contributed by atoms with Crippen molar-refractivity contribution in [3.8, 4) is 11.3 Å². The highest BCUT2D eigenvalue weighted by molar-refractivity contribution is 5.96. The number of carbonyl (C=O) groups is 1. The van der Waals surface area contributed by atoms with Crippen LogP contribution in [0.1, 0.15) is 35.5 Å². The Balaban J connectivity index is 1.57. The number of fused-ring (bicyclic) bond motifs is 1. The third kappa shape index (κ3) is 6.58. The summed E-state index contributed by atoms with van der Waals surface area (Å²) in [6.45, 7) is 3.83. The van der Waals surface area contributed by atoms with Gasteiger partial charge in [0.05, 0.1) is 49.9 Å². The first-order valence-corrected chi connectivity index (χ1v) is 12.6. The van der Waals surface area contributed by atoms with Crippen LogP contribution in [-0.4, -0.2) is 72.7 Å². The first kappa shape index (κ1) is 29.0. The average molecular weight is 562 g/mol. The Morgan fingerprint density at radius 2 is 2.05 bits per heavy atom. The number of anilines is 2. The van der Waals surface area contributed by atoms with E-state index in [0.717, 1.165) is 10.2 Å². The predicted octanol–water partition coefficient (Wildman–Crippen LogP) is 3.04. The number of hydrogen-bond acceptors (Lipinski definition) is 8. The van der Waals surface area contributed by atoms with Gasteiger partial charge in [-0.3, -0.25) is 13.9 Å². The minimum Gasteiger partial charge on any atom is -0.394 e. The molecule has 0 spiro atoms. The van der Waals surface area contributed by atoms with Crippen LogP contribution >= 0.6 is 0 Å². The molecule has 4 N–H and O–H groups in total. The van der Waals surface area contributed by atoms with Crippen molar-refractivity contribution in [1.29, 1.82) is 0 Å². The van der Waals surface area contributed by atoms with Gasteiger partial charge in [0.2, 0.25) is 0 Å². The first-order chi connectivity index (χ1) is 19.1. The molecular weight excluding hydrogens is 531 g/mol. The van der Waals surface area contributed by atoms with Gasteiger partial charge in [-0.05, 0) is 37.1 Å². The SMILES string of the molecule is CCc1cc(Nc2nccn3c(-c4cn(CCO)nc4C(F)(F)F)cnc23)ccc1C(=O)NCCOC[C@H](C)O. The number of hydrogen-bond donors (Lipinski definition) is 4. The number of nitrogens with zero attached hydrogens (tertiary/aromatic N) is 5. The van der Waals surface area contributed by atoms with Gasteiger partial charge in [-0.1, -0.05) is 6.92 Å². The van der Waals surface area contributed by atoms with E-state index in [1.165, 1.54) is 29.2 Å². The van der Waals surface area contributed by atoms with Crippen molar-refractivity contribution in [3.05, 3.63) is 59.8 Å². The lowest BCUT2D eigenvalue weighted by Gasteiger charge is -2.13. The van der Waals surface area contributed by atoms with Crippen LogP contribution in [0, 0.1) is 0 Å².